The van der Waals surface area contributed by atoms with Gasteiger partial charge in [0.05, 0.1) is 16.2 Å². The fourth-order valence-corrected chi connectivity index (χ4v) is 5.08. The molecule has 0 saturated carbocycles. The van der Waals surface area contributed by atoms with Crippen molar-refractivity contribution in [3.05, 3.63) is 58.9 Å². The fraction of sp³-hybridized carbons (Fsp3) is 0.429. The zero-order chi connectivity index (χ0) is 20.3. The zero-order valence-electron chi connectivity index (χ0n) is 16.5. The molecule has 1 saturated heterocycles. The van der Waals surface area contributed by atoms with Crippen LogP contribution in [0.5, 0.6) is 0 Å². The summed E-state index contributed by atoms with van der Waals surface area (Å²) in [5.41, 5.74) is 2.29. The van der Waals surface area contributed by atoms with Crippen LogP contribution in [0.4, 0.5) is 0 Å². The van der Waals surface area contributed by atoms with E-state index < -0.39 is 16.0 Å². The number of aryl methyl sites for hydroxylation is 1. The van der Waals surface area contributed by atoms with Gasteiger partial charge >= 0.3 is 5.97 Å². The Labute approximate surface area is 166 Å². The van der Waals surface area contributed by atoms with E-state index in [1.54, 1.807) is 31.3 Å². The van der Waals surface area contributed by atoms with Crippen molar-refractivity contribution in [1.82, 2.24) is 9.29 Å². The highest BCUT2D eigenvalue weighted by molar-refractivity contribution is 7.89. The van der Waals surface area contributed by atoms with Gasteiger partial charge in [0.15, 0.2) is 0 Å². The number of nitrogens with zero attached hydrogens (tertiary/aromatic N) is 2. The molecular formula is C21H26N2O4S. The summed E-state index contributed by atoms with van der Waals surface area (Å²) in [5, 5.41) is 0. The highest BCUT2D eigenvalue weighted by Gasteiger charge is 2.30. The lowest BCUT2D eigenvalue weighted by Crippen LogP contribution is -2.38. The molecule has 1 aliphatic heterocycles. The Morgan fingerprint density at radius 2 is 1.93 bits per heavy atom. The molecule has 0 aliphatic carbocycles. The molecule has 7 heteroatoms. The number of hydrogen-bond acceptors (Lipinski definition) is 5. The lowest BCUT2D eigenvalue weighted by molar-refractivity contribution is 0.0467. The lowest BCUT2D eigenvalue weighted by atomic mass is 10.0. The van der Waals surface area contributed by atoms with Crippen LogP contribution in [0.1, 0.15) is 46.9 Å². The molecule has 1 aromatic carbocycles. The fourth-order valence-electron chi connectivity index (χ4n) is 3.28. The smallest absolute Gasteiger partial charge is 0.338 e. The maximum Gasteiger partial charge on any atom is 0.338 e. The Kier molecular flexibility index (Phi) is 6.15. The first-order valence-corrected chi connectivity index (χ1v) is 10.9. The maximum atomic E-state index is 13.2. The molecule has 1 aliphatic rings. The summed E-state index contributed by atoms with van der Waals surface area (Å²) in [6.07, 6.45) is 3.33. The normalized spacial score (nSPS) is 16.1. The molecule has 2 aromatic rings. The molecule has 2 heterocycles. The predicted molar refractivity (Wildman–Crippen MR) is 106 cm³/mol. The number of pyridine rings is 1. The van der Waals surface area contributed by atoms with E-state index in [-0.39, 0.29) is 17.1 Å². The minimum atomic E-state index is -3.65. The van der Waals surface area contributed by atoms with Crippen molar-refractivity contribution in [1.29, 1.82) is 0 Å². The van der Waals surface area contributed by atoms with Crippen LogP contribution in [0.2, 0.25) is 0 Å². The van der Waals surface area contributed by atoms with Crippen molar-refractivity contribution in [2.45, 2.75) is 45.1 Å². The van der Waals surface area contributed by atoms with E-state index in [9.17, 15) is 13.2 Å². The Morgan fingerprint density at radius 3 is 2.57 bits per heavy atom. The number of carbonyl (C=O) groups excluding carboxylic acids is 1. The second-order valence-electron chi connectivity index (χ2n) is 7.40. The quantitative estimate of drug-likeness (QED) is 0.716. The van der Waals surface area contributed by atoms with Gasteiger partial charge in [-0.25, -0.2) is 13.2 Å². The number of ether oxygens (including phenoxy) is 1. The lowest BCUT2D eigenvalue weighted by Gasteiger charge is -2.30. The number of rotatable bonds is 5. The number of benzene rings is 1. The van der Waals surface area contributed by atoms with Crippen LogP contribution in [0.3, 0.4) is 0 Å². The van der Waals surface area contributed by atoms with Crippen molar-refractivity contribution < 1.29 is 17.9 Å². The van der Waals surface area contributed by atoms with Gasteiger partial charge in [-0.15, -0.1) is 0 Å². The van der Waals surface area contributed by atoms with E-state index in [1.165, 1.54) is 10.4 Å². The molecule has 0 amide bonds. The minimum Gasteiger partial charge on any atom is -0.456 e. The summed E-state index contributed by atoms with van der Waals surface area (Å²) in [5.74, 6) is -0.0281. The van der Waals surface area contributed by atoms with Gasteiger partial charge in [-0.2, -0.15) is 4.31 Å². The molecule has 1 aromatic heterocycles. The standard InChI is InChI=1S/C21H26N2O4S/c1-15-7-10-23(11-8-15)28(25,26)20-13-18(12-16(2)17(20)3)21(24)27-14-19-6-4-5-9-22-19/h4-6,9,12-13,15H,7-8,10-11,14H2,1-3H3. The Morgan fingerprint density at radius 1 is 1.21 bits per heavy atom. The Hall–Kier alpha value is -2.25. The number of hydrogen-bond donors (Lipinski definition) is 0. The van der Waals surface area contributed by atoms with Crippen molar-refractivity contribution in [2.24, 2.45) is 5.92 Å². The van der Waals surface area contributed by atoms with Gasteiger partial charge in [0.2, 0.25) is 10.0 Å². The predicted octanol–water partition coefficient (Wildman–Crippen LogP) is 3.48. The summed E-state index contributed by atoms with van der Waals surface area (Å²) in [6.45, 7) is 6.78. The summed E-state index contributed by atoms with van der Waals surface area (Å²) in [7, 11) is -3.65. The molecule has 0 radical (unpaired) electrons. The third-order valence-electron chi connectivity index (χ3n) is 5.29. The van der Waals surface area contributed by atoms with Gasteiger partial charge in [0.25, 0.3) is 0 Å². The van der Waals surface area contributed by atoms with E-state index in [1.807, 2.05) is 13.0 Å². The minimum absolute atomic E-state index is 0.0404. The van der Waals surface area contributed by atoms with Gasteiger partial charge in [-0.3, -0.25) is 4.98 Å². The molecule has 0 unspecified atom stereocenters. The van der Waals surface area contributed by atoms with Gasteiger partial charge in [0, 0.05) is 19.3 Å². The zero-order valence-corrected chi connectivity index (χ0v) is 17.3. The Bertz CT molecular complexity index is 950. The van der Waals surface area contributed by atoms with Crippen LogP contribution < -0.4 is 0 Å². The van der Waals surface area contributed by atoms with Gasteiger partial charge in [-0.1, -0.05) is 13.0 Å². The van der Waals surface area contributed by atoms with E-state index in [4.69, 9.17) is 4.74 Å². The third-order valence-corrected chi connectivity index (χ3v) is 7.32. The molecule has 0 atom stereocenters. The van der Waals surface area contributed by atoms with Crippen LogP contribution in [-0.2, 0) is 21.4 Å². The topological polar surface area (TPSA) is 76.6 Å². The molecule has 28 heavy (non-hydrogen) atoms. The summed E-state index contributed by atoms with van der Waals surface area (Å²) in [4.78, 5) is 16.8. The molecule has 6 nitrogen and oxygen atoms in total. The van der Waals surface area contributed by atoms with E-state index in [2.05, 4.69) is 11.9 Å². The molecule has 3 rings (SSSR count). The van der Waals surface area contributed by atoms with Crippen LogP contribution in [0.15, 0.2) is 41.4 Å². The van der Waals surface area contributed by atoms with Crippen LogP contribution >= 0.6 is 0 Å². The molecule has 150 valence electrons. The maximum absolute atomic E-state index is 13.2. The average Bonchev–Trinajstić information content (AvgIpc) is 2.69. The number of piperidine rings is 1. The SMILES string of the molecule is Cc1cc(C(=O)OCc2ccccn2)cc(S(=O)(=O)N2CCC(C)CC2)c1C. The summed E-state index contributed by atoms with van der Waals surface area (Å²) < 4.78 is 33.2. The largest absolute Gasteiger partial charge is 0.456 e. The molecule has 0 spiro atoms. The first kappa shape index (κ1) is 20.5. The molecule has 0 bridgehead atoms. The van der Waals surface area contributed by atoms with E-state index in [0.29, 0.717) is 30.3 Å². The molecule has 0 N–H and O–H groups in total. The summed E-state index contributed by atoms with van der Waals surface area (Å²) in [6, 6.07) is 8.48. The average molecular weight is 403 g/mol. The van der Waals surface area contributed by atoms with Crippen LogP contribution in [0.25, 0.3) is 0 Å². The second kappa shape index (κ2) is 8.41. The van der Waals surface area contributed by atoms with Gasteiger partial charge in [-0.05, 0) is 68.0 Å². The highest BCUT2D eigenvalue weighted by atomic mass is 32.2. The van der Waals surface area contributed by atoms with Crippen molar-refractivity contribution >= 4 is 16.0 Å². The second-order valence-corrected chi connectivity index (χ2v) is 9.31. The number of esters is 1. The number of sulfonamides is 1. The van der Waals surface area contributed by atoms with E-state index in [0.717, 1.165) is 18.4 Å². The van der Waals surface area contributed by atoms with Crippen molar-refractivity contribution in [3.63, 3.8) is 0 Å². The number of aromatic nitrogens is 1. The number of carbonyl (C=O) groups is 1. The van der Waals surface area contributed by atoms with Crippen molar-refractivity contribution in [3.8, 4) is 0 Å². The highest BCUT2D eigenvalue weighted by Crippen LogP contribution is 2.28. The Balaban J connectivity index is 1.84. The van der Waals surface area contributed by atoms with Crippen molar-refractivity contribution in [2.75, 3.05) is 13.1 Å². The first-order valence-electron chi connectivity index (χ1n) is 9.47. The van der Waals surface area contributed by atoms with Gasteiger partial charge in [0.1, 0.15) is 6.61 Å². The van der Waals surface area contributed by atoms with Crippen LogP contribution in [0, 0.1) is 19.8 Å². The van der Waals surface area contributed by atoms with E-state index >= 15 is 0 Å². The van der Waals surface area contributed by atoms with Gasteiger partial charge < -0.3 is 4.74 Å². The summed E-state index contributed by atoms with van der Waals surface area (Å²) >= 11 is 0. The van der Waals surface area contributed by atoms with Crippen LogP contribution in [-0.4, -0.2) is 36.8 Å². The first-order chi connectivity index (χ1) is 13.3. The monoisotopic (exact) mass is 402 g/mol. The third kappa shape index (κ3) is 4.42. The molecule has 1 fully saturated rings. The molecular weight excluding hydrogens is 376 g/mol.